The maximum atomic E-state index is 10.8. The van der Waals surface area contributed by atoms with Gasteiger partial charge in [0.2, 0.25) is 0 Å². The van der Waals surface area contributed by atoms with E-state index in [2.05, 4.69) is 35.2 Å². The van der Waals surface area contributed by atoms with Crippen molar-refractivity contribution in [3.05, 3.63) is 58.7 Å². The van der Waals surface area contributed by atoms with Crippen LogP contribution in [0.25, 0.3) is 0 Å². The molecule has 0 saturated heterocycles. The minimum Gasteiger partial charge on any atom is -0.478 e. The van der Waals surface area contributed by atoms with Crippen molar-refractivity contribution < 1.29 is 9.90 Å². The van der Waals surface area contributed by atoms with Crippen molar-refractivity contribution in [1.29, 1.82) is 0 Å². The zero-order chi connectivity index (χ0) is 14.8. The molecule has 0 spiro atoms. The van der Waals surface area contributed by atoms with Gasteiger partial charge in [-0.2, -0.15) is 0 Å². The van der Waals surface area contributed by atoms with Crippen LogP contribution in [-0.2, 0) is 13.1 Å². The molecule has 108 valence electrons. The van der Waals surface area contributed by atoms with Crippen molar-refractivity contribution in [1.82, 2.24) is 5.43 Å². The lowest BCUT2D eigenvalue weighted by molar-refractivity contribution is 0.0697. The SMILES string of the molecule is Cc1cc(NCc2ccc(C(=O)O)cc2)c2c(c1)NNC2. The van der Waals surface area contributed by atoms with Crippen LogP contribution in [0.4, 0.5) is 11.4 Å². The summed E-state index contributed by atoms with van der Waals surface area (Å²) < 4.78 is 0. The van der Waals surface area contributed by atoms with Crippen LogP contribution in [0.5, 0.6) is 0 Å². The Bertz CT molecular complexity index is 681. The first-order valence-electron chi connectivity index (χ1n) is 6.82. The van der Waals surface area contributed by atoms with E-state index in [4.69, 9.17) is 5.11 Å². The van der Waals surface area contributed by atoms with Crippen LogP contribution in [-0.4, -0.2) is 11.1 Å². The van der Waals surface area contributed by atoms with Gasteiger partial charge in [-0.15, -0.1) is 0 Å². The van der Waals surface area contributed by atoms with Gasteiger partial charge in [-0.05, 0) is 42.3 Å². The van der Waals surface area contributed by atoms with E-state index in [0.717, 1.165) is 23.5 Å². The number of benzene rings is 2. The number of carbonyl (C=O) groups is 1. The van der Waals surface area contributed by atoms with E-state index < -0.39 is 5.97 Å². The third-order valence-corrected chi connectivity index (χ3v) is 3.57. The number of hydrogen-bond acceptors (Lipinski definition) is 4. The second-order valence-electron chi connectivity index (χ2n) is 5.17. The Labute approximate surface area is 123 Å². The van der Waals surface area contributed by atoms with Gasteiger partial charge in [0.05, 0.1) is 11.3 Å². The van der Waals surface area contributed by atoms with Gasteiger partial charge in [0.25, 0.3) is 0 Å². The summed E-state index contributed by atoms with van der Waals surface area (Å²) in [4.78, 5) is 10.8. The monoisotopic (exact) mass is 283 g/mol. The lowest BCUT2D eigenvalue weighted by Crippen LogP contribution is -2.11. The van der Waals surface area contributed by atoms with Crippen LogP contribution in [0, 0.1) is 6.92 Å². The van der Waals surface area contributed by atoms with E-state index in [1.54, 1.807) is 12.1 Å². The largest absolute Gasteiger partial charge is 0.478 e. The van der Waals surface area contributed by atoms with Gasteiger partial charge in [0, 0.05) is 24.3 Å². The first-order chi connectivity index (χ1) is 10.1. The van der Waals surface area contributed by atoms with Crippen molar-refractivity contribution in [2.24, 2.45) is 0 Å². The highest BCUT2D eigenvalue weighted by atomic mass is 16.4. The van der Waals surface area contributed by atoms with Crippen molar-refractivity contribution in [2.45, 2.75) is 20.0 Å². The molecule has 0 fully saturated rings. The van der Waals surface area contributed by atoms with E-state index in [9.17, 15) is 4.79 Å². The highest BCUT2D eigenvalue weighted by molar-refractivity contribution is 5.87. The molecule has 1 heterocycles. The molecule has 5 nitrogen and oxygen atoms in total. The molecule has 0 unspecified atom stereocenters. The van der Waals surface area contributed by atoms with Gasteiger partial charge in [0.15, 0.2) is 0 Å². The molecule has 21 heavy (non-hydrogen) atoms. The van der Waals surface area contributed by atoms with Crippen LogP contribution in [0.3, 0.4) is 0 Å². The predicted octanol–water partition coefficient (Wildman–Crippen LogP) is 2.74. The van der Waals surface area contributed by atoms with Crippen molar-refractivity contribution in [3.8, 4) is 0 Å². The van der Waals surface area contributed by atoms with Crippen molar-refractivity contribution >= 4 is 17.3 Å². The van der Waals surface area contributed by atoms with E-state index in [0.29, 0.717) is 12.1 Å². The molecule has 0 radical (unpaired) electrons. The fraction of sp³-hybridized carbons (Fsp3) is 0.188. The summed E-state index contributed by atoms with van der Waals surface area (Å²) in [5.74, 6) is -0.900. The summed E-state index contributed by atoms with van der Waals surface area (Å²) >= 11 is 0. The lowest BCUT2D eigenvalue weighted by Gasteiger charge is -2.12. The molecule has 0 bridgehead atoms. The maximum absolute atomic E-state index is 10.8. The Kier molecular flexibility index (Phi) is 3.50. The normalized spacial score (nSPS) is 12.6. The summed E-state index contributed by atoms with van der Waals surface area (Å²) in [5, 5.41) is 12.3. The summed E-state index contributed by atoms with van der Waals surface area (Å²) in [7, 11) is 0. The van der Waals surface area contributed by atoms with E-state index in [1.807, 2.05) is 12.1 Å². The molecule has 0 aliphatic carbocycles. The Morgan fingerprint density at radius 2 is 2.05 bits per heavy atom. The zero-order valence-electron chi connectivity index (χ0n) is 11.7. The van der Waals surface area contributed by atoms with Crippen LogP contribution < -0.4 is 16.2 Å². The number of anilines is 2. The molecule has 1 aliphatic rings. The average Bonchev–Trinajstić information content (AvgIpc) is 2.93. The highest BCUT2D eigenvalue weighted by Crippen LogP contribution is 2.29. The third-order valence-electron chi connectivity index (χ3n) is 3.57. The van der Waals surface area contributed by atoms with Gasteiger partial charge in [-0.1, -0.05) is 12.1 Å². The van der Waals surface area contributed by atoms with Crippen LogP contribution >= 0.6 is 0 Å². The molecule has 0 saturated carbocycles. The minimum absolute atomic E-state index is 0.309. The summed E-state index contributed by atoms with van der Waals surface area (Å²) in [6, 6.07) is 11.2. The summed E-state index contributed by atoms with van der Waals surface area (Å²) in [6.07, 6.45) is 0. The molecular formula is C16H17N3O2. The van der Waals surface area contributed by atoms with Crippen molar-refractivity contribution in [3.63, 3.8) is 0 Å². The Hall–Kier alpha value is -2.53. The third kappa shape index (κ3) is 2.83. The topological polar surface area (TPSA) is 73.4 Å². The van der Waals surface area contributed by atoms with Crippen LogP contribution in [0.1, 0.15) is 27.0 Å². The van der Waals surface area contributed by atoms with E-state index in [-0.39, 0.29) is 0 Å². The number of hydrazine groups is 1. The zero-order valence-corrected chi connectivity index (χ0v) is 11.7. The Morgan fingerprint density at radius 3 is 2.76 bits per heavy atom. The number of hydrogen-bond donors (Lipinski definition) is 4. The molecule has 0 amide bonds. The number of aromatic carboxylic acids is 1. The van der Waals surface area contributed by atoms with Crippen molar-refractivity contribution in [2.75, 3.05) is 10.7 Å². The lowest BCUT2D eigenvalue weighted by atomic mass is 10.1. The smallest absolute Gasteiger partial charge is 0.335 e. The molecule has 2 aromatic rings. The highest BCUT2D eigenvalue weighted by Gasteiger charge is 2.14. The first-order valence-corrected chi connectivity index (χ1v) is 6.82. The fourth-order valence-corrected chi connectivity index (χ4v) is 2.47. The molecular weight excluding hydrogens is 266 g/mol. The number of rotatable bonds is 4. The van der Waals surface area contributed by atoms with Crippen LogP contribution in [0.15, 0.2) is 36.4 Å². The number of fused-ring (bicyclic) bond motifs is 1. The molecule has 5 heteroatoms. The van der Waals surface area contributed by atoms with Gasteiger partial charge >= 0.3 is 5.97 Å². The average molecular weight is 283 g/mol. The fourth-order valence-electron chi connectivity index (χ4n) is 2.47. The van der Waals surface area contributed by atoms with E-state index >= 15 is 0 Å². The molecule has 1 aliphatic heterocycles. The first kappa shape index (κ1) is 13.5. The second kappa shape index (κ2) is 5.46. The van der Waals surface area contributed by atoms with Crippen LogP contribution in [0.2, 0.25) is 0 Å². The van der Waals surface area contributed by atoms with Gasteiger partial charge < -0.3 is 15.8 Å². The number of aryl methyl sites for hydroxylation is 1. The van der Waals surface area contributed by atoms with E-state index in [1.165, 1.54) is 11.1 Å². The second-order valence-corrected chi connectivity index (χ2v) is 5.17. The van der Waals surface area contributed by atoms with Gasteiger partial charge in [-0.25, -0.2) is 10.2 Å². The molecule has 2 aromatic carbocycles. The minimum atomic E-state index is -0.900. The molecule has 3 rings (SSSR count). The number of carboxylic acids is 1. The summed E-state index contributed by atoms with van der Waals surface area (Å²) in [6.45, 7) is 3.51. The summed E-state index contributed by atoms with van der Waals surface area (Å²) in [5.41, 5.74) is 12.2. The Morgan fingerprint density at radius 1 is 1.29 bits per heavy atom. The molecule has 4 N–H and O–H groups in total. The quantitative estimate of drug-likeness (QED) is 0.694. The number of nitrogens with one attached hydrogen (secondary N) is 3. The predicted molar refractivity (Wildman–Crippen MR) is 82.4 cm³/mol. The molecule has 0 aromatic heterocycles. The number of carboxylic acid groups (broad SMARTS) is 1. The standard InChI is InChI=1S/C16H17N3O2/c1-10-6-14(13-9-18-19-15(13)7-10)17-8-11-2-4-12(5-3-11)16(20)21/h2-7,17-19H,8-9H2,1H3,(H,20,21). The van der Waals surface area contributed by atoms with Gasteiger partial charge in [0.1, 0.15) is 0 Å². The molecule has 0 atom stereocenters. The van der Waals surface area contributed by atoms with Gasteiger partial charge in [-0.3, -0.25) is 0 Å². The maximum Gasteiger partial charge on any atom is 0.335 e. The Balaban J connectivity index is 1.75.